The number of pyridine rings is 1. The maximum Gasteiger partial charge on any atom is 0.254 e. The molecule has 0 radical (unpaired) electrons. The molecular weight excluding hydrogens is 274 g/mol. The van der Waals surface area contributed by atoms with E-state index in [4.69, 9.17) is 4.98 Å². The fraction of sp³-hybridized carbons (Fsp3) is 0.444. The lowest BCUT2D eigenvalue weighted by Gasteiger charge is -2.32. The molecule has 4 nitrogen and oxygen atoms in total. The van der Waals surface area contributed by atoms with Crippen molar-refractivity contribution in [3.63, 3.8) is 0 Å². The summed E-state index contributed by atoms with van der Waals surface area (Å²) in [6.07, 6.45) is 0. The number of rotatable bonds is 2. The number of hydrogen-bond donors (Lipinski definition) is 0. The average Bonchev–Trinajstić information content (AvgIpc) is 2.53. The summed E-state index contributed by atoms with van der Waals surface area (Å²) < 4.78 is 0. The van der Waals surface area contributed by atoms with Gasteiger partial charge in [0.05, 0.1) is 11.1 Å². The van der Waals surface area contributed by atoms with Crippen molar-refractivity contribution < 1.29 is 4.79 Å². The fourth-order valence-corrected chi connectivity index (χ4v) is 2.85. The number of hydrogen-bond acceptors (Lipinski definition) is 3. The maximum absolute atomic E-state index is 13.0. The van der Waals surface area contributed by atoms with E-state index < -0.39 is 0 Å². The van der Waals surface area contributed by atoms with Crippen molar-refractivity contribution in [1.82, 2.24) is 14.8 Å². The van der Waals surface area contributed by atoms with Gasteiger partial charge in [0.15, 0.2) is 0 Å². The van der Waals surface area contributed by atoms with Gasteiger partial charge in [-0.15, -0.1) is 0 Å². The highest BCUT2D eigenvalue weighted by molar-refractivity contribution is 6.06. The smallest absolute Gasteiger partial charge is 0.254 e. The number of piperazine rings is 1. The van der Waals surface area contributed by atoms with Crippen LogP contribution in [0.2, 0.25) is 0 Å². The molecule has 0 spiro atoms. The Labute approximate surface area is 131 Å². The van der Waals surface area contributed by atoms with E-state index in [0.29, 0.717) is 5.92 Å². The van der Waals surface area contributed by atoms with Gasteiger partial charge in [0, 0.05) is 37.3 Å². The summed E-state index contributed by atoms with van der Waals surface area (Å²) >= 11 is 0. The SMILES string of the molecule is CC(C)c1cc(C(=O)N2CCN(C)CC2)c2ccccc2n1. The van der Waals surface area contributed by atoms with Crippen molar-refractivity contribution in [1.29, 1.82) is 0 Å². The van der Waals surface area contributed by atoms with E-state index in [9.17, 15) is 4.79 Å². The molecule has 0 unspecified atom stereocenters. The Hall–Kier alpha value is -1.94. The Morgan fingerprint density at radius 2 is 1.82 bits per heavy atom. The standard InChI is InChI=1S/C18H23N3O/c1-13(2)17-12-15(14-6-4-5-7-16(14)19-17)18(22)21-10-8-20(3)9-11-21/h4-7,12-13H,8-11H2,1-3H3. The Bertz CT molecular complexity index is 688. The molecule has 1 aliphatic heterocycles. The molecule has 3 rings (SSSR count). The maximum atomic E-state index is 13.0. The minimum atomic E-state index is 0.133. The summed E-state index contributed by atoms with van der Waals surface area (Å²) in [4.78, 5) is 21.9. The van der Waals surface area contributed by atoms with Crippen LogP contribution in [0.15, 0.2) is 30.3 Å². The molecule has 2 aromatic rings. The number of carbonyl (C=O) groups is 1. The zero-order valence-electron chi connectivity index (χ0n) is 13.5. The molecule has 0 bridgehead atoms. The highest BCUT2D eigenvalue weighted by Gasteiger charge is 2.23. The molecule has 0 saturated carbocycles. The van der Waals surface area contributed by atoms with E-state index in [1.54, 1.807) is 0 Å². The molecule has 1 amide bonds. The zero-order chi connectivity index (χ0) is 15.7. The van der Waals surface area contributed by atoms with E-state index >= 15 is 0 Å². The van der Waals surface area contributed by atoms with Crippen molar-refractivity contribution in [2.24, 2.45) is 0 Å². The van der Waals surface area contributed by atoms with Crippen molar-refractivity contribution in [2.75, 3.05) is 33.2 Å². The summed E-state index contributed by atoms with van der Waals surface area (Å²) in [6.45, 7) is 7.69. The van der Waals surface area contributed by atoms with Crippen LogP contribution in [0.4, 0.5) is 0 Å². The first-order valence-corrected chi connectivity index (χ1v) is 7.94. The molecule has 4 heteroatoms. The zero-order valence-corrected chi connectivity index (χ0v) is 13.5. The van der Waals surface area contributed by atoms with Gasteiger partial charge in [-0.2, -0.15) is 0 Å². The Morgan fingerprint density at radius 1 is 1.14 bits per heavy atom. The fourth-order valence-electron chi connectivity index (χ4n) is 2.85. The van der Waals surface area contributed by atoms with E-state index in [0.717, 1.165) is 48.3 Å². The summed E-state index contributed by atoms with van der Waals surface area (Å²) in [7, 11) is 2.10. The van der Waals surface area contributed by atoms with Crippen LogP contribution in [0.25, 0.3) is 10.9 Å². The molecule has 1 aromatic heterocycles. The number of likely N-dealkylation sites (N-methyl/N-ethyl adjacent to an activating group) is 1. The Morgan fingerprint density at radius 3 is 2.50 bits per heavy atom. The highest BCUT2D eigenvalue weighted by atomic mass is 16.2. The third kappa shape index (κ3) is 2.83. The first kappa shape index (κ1) is 15.0. The number of aromatic nitrogens is 1. The second kappa shape index (κ2) is 6.05. The molecule has 1 saturated heterocycles. The van der Waals surface area contributed by atoms with Gasteiger partial charge in [-0.1, -0.05) is 32.0 Å². The number of para-hydroxylation sites is 1. The topological polar surface area (TPSA) is 36.4 Å². The van der Waals surface area contributed by atoms with Gasteiger partial charge < -0.3 is 9.80 Å². The first-order valence-electron chi connectivity index (χ1n) is 7.94. The van der Waals surface area contributed by atoms with Crippen LogP contribution in [0.1, 0.15) is 35.8 Å². The minimum Gasteiger partial charge on any atom is -0.336 e. The number of benzene rings is 1. The number of fused-ring (bicyclic) bond motifs is 1. The van der Waals surface area contributed by atoms with Gasteiger partial charge in [0.2, 0.25) is 0 Å². The van der Waals surface area contributed by atoms with Crippen molar-refractivity contribution in [3.8, 4) is 0 Å². The second-order valence-electron chi connectivity index (χ2n) is 6.36. The summed E-state index contributed by atoms with van der Waals surface area (Å²) in [6, 6.07) is 9.91. The van der Waals surface area contributed by atoms with Gasteiger partial charge >= 0.3 is 0 Å². The van der Waals surface area contributed by atoms with Gasteiger partial charge in [0.1, 0.15) is 0 Å². The van der Waals surface area contributed by atoms with Gasteiger partial charge in [-0.25, -0.2) is 0 Å². The molecule has 1 fully saturated rings. The van der Waals surface area contributed by atoms with E-state index in [2.05, 4.69) is 25.8 Å². The predicted molar refractivity (Wildman–Crippen MR) is 89.2 cm³/mol. The second-order valence-corrected chi connectivity index (χ2v) is 6.36. The number of nitrogens with zero attached hydrogens (tertiary/aromatic N) is 3. The molecule has 22 heavy (non-hydrogen) atoms. The molecule has 1 aliphatic rings. The third-order valence-corrected chi connectivity index (χ3v) is 4.35. The normalized spacial score (nSPS) is 16.5. The summed E-state index contributed by atoms with van der Waals surface area (Å²) in [5, 5.41) is 0.954. The predicted octanol–water partition coefficient (Wildman–Crippen LogP) is 2.75. The average molecular weight is 297 g/mol. The van der Waals surface area contributed by atoms with Crippen molar-refractivity contribution in [3.05, 3.63) is 41.6 Å². The van der Waals surface area contributed by atoms with E-state index in [1.807, 2.05) is 35.2 Å². The van der Waals surface area contributed by atoms with E-state index in [-0.39, 0.29) is 5.91 Å². The molecule has 0 N–H and O–H groups in total. The van der Waals surface area contributed by atoms with E-state index in [1.165, 1.54) is 0 Å². The van der Waals surface area contributed by atoms with Crippen molar-refractivity contribution in [2.45, 2.75) is 19.8 Å². The lowest BCUT2D eigenvalue weighted by Crippen LogP contribution is -2.47. The van der Waals surface area contributed by atoms with Crippen molar-refractivity contribution >= 4 is 16.8 Å². The largest absolute Gasteiger partial charge is 0.336 e. The number of amides is 1. The number of carbonyl (C=O) groups excluding carboxylic acids is 1. The Balaban J connectivity index is 2.03. The molecular formula is C18H23N3O. The van der Waals surface area contributed by atoms with Gasteiger partial charge in [0.25, 0.3) is 5.91 Å². The van der Waals surface area contributed by atoms with Crippen LogP contribution < -0.4 is 0 Å². The lowest BCUT2D eigenvalue weighted by atomic mass is 10.0. The molecule has 1 aromatic carbocycles. The molecule has 116 valence electrons. The minimum absolute atomic E-state index is 0.133. The quantitative estimate of drug-likeness (QED) is 0.855. The highest BCUT2D eigenvalue weighted by Crippen LogP contribution is 2.24. The van der Waals surface area contributed by atoms with Crippen LogP contribution in [-0.4, -0.2) is 53.9 Å². The van der Waals surface area contributed by atoms with Crippen LogP contribution >= 0.6 is 0 Å². The molecule has 2 heterocycles. The molecule has 0 atom stereocenters. The van der Waals surface area contributed by atoms with Crippen LogP contribution in [0, 0.1) is 0 Å². The first-order chi connectivity index (χ1) is 10.6. The van der Waals surface area contributed by atoms with Gasteiger partial charge in [-0.05, 0) is 25.1 Å². The van der Waals surface area contributed by atoms with Crippen LogP contribution in [0.5, 0.6) is 0 Å². The lowest BCUT2D eigenvalue weighted by molar-refractivity contribution is 0.0666. The third-order valence-electron chi connectivity index (χ3n) is 4.35. The van der Waals surface area contributed by atoms with Crippen LogP contribution in [-0.2, 0) is 0 Å². The summed E-state index contributed by atoms with van der Waals surface area (Å²) in [5.74, 6) is 0.442. The Kier molecular flexibility index (Phi) is 4.12. The monoisotopic (exact) mass is 297 g/mol. The van der Waals surface area contributed by atoms with Crippen LogP contribution in [0.3, 0.4) is 0 Å². The van der Waals surface area contributed by atoms with Gasteiger partial charge in [-0.3, -0.25) is 9.78 Å². The molecule has 0 aliphatic carbocycles. The summed E-state index contributed by atoms with van der Waals surface area (Å²) in [5.41, 5.74) is 2.68.